The van der Waals surface area contributed by atoms with E-state index in [1.54, 1.807) is 10.8 Å². The summed E-state index contributed by atoms with van der Waals surface area (Å²) in [6.07, 6.45) is 3.03. The number of carboxylic acid groups (broad SMARTS) is 1. The Morgan fingerprint density at radius 3 is 3.06 bits per heavy atom. The molecule has 0 unspecified atom stereocenters. The summed E-state index contributed by atoms with van der Waals surface area (Å²) in [7, 11) is 0. The Morgan fingerprint density at radius 1 is 1.56 bits per heavy atom. The molecule has 6 nitrogen and oxygen atoms in total. The Hall–Kier alpha value is -1.67. The molecule has 1 aliphatic heterocycles. The maximum Gasteiger partial charge on any atom is 0.352 e. The Bertz CT molecular complexity index is 648. The van der Waals surface area contributed by atoms with Gasteiger partial charge in [-0.1, -0.05) is 0 Å². The van der Waals surface area contributed by atoms with Gasteiger partial charge in [0.1, 0.15) is 18.1 Å². The number of nitrogens with zero attached hydrogens (tertiary/aromatic N) is 3. The smallest absolute Gasteiger partial charge is 0.352 e. The first kappa shape index (κ1) is 11.4. The number of thiophene rings is 1. The van der Waals surface area contributed by atoms with Crippen LogP contribution in [0.3, 0.4) is 0 Å². The fourth-order valence-electron chi connectivity index (χ4n) is 1.75. The molecule has 92 valence electrons. The Labute approximate surface area is 114 Å². The highest BCUT2D eigenvalue weighted by Gasteiger charge is 2.26. The molecule has 2 N–H and O–H groups in total. The van der Waals surface area contributed by atoms with Gasteiger partial charge >= 0.3 is 5.97 Å². The van der Waals surface area contributed by atoms with Crippen molar-refractivity contribution in [1.29, 1.82) is 0 Å². The minimum atomic E-state index is -1.01. The number of nitrogens with one attached hydrogen (secondary N) is 1. The fourth-order valence-corrected chi connectivity index (χ4v) is 3.23. The van der Waals surface area contributed by atoms with E-state index in [9.17, 15) is 4.79 Å². The molecule has 0 aliphatic carbocycles. The molecule has 8 heteroatoms. The standard InChI is InChI=1S/C10H7BrN4O2S/c11-8-2-1-7(18-8)6-3-5(9(16)17)14-10-12-4-13-15(6)10/h1-4,6H,(H,16,17)(H,12,13,14)/t6-/m0/s1. The second kappa shape index (κ2) is 4.21. The molecule has 2 aromatic heterocycles. The van der Waals surface area contributed by atoms with E-state index in [0.717, 1.165) is 8.66 Å². The Balaban J connectivity index is 2.10. The lowest BCUT2D eigenvalue weighted by Crippen LogP contribution is -2.23. The quantitative estimate of drug-likeness (QED) is 0.883. The lowest BCUT2D eigenvalue weighted by atomic mass is 10.2. The van der Waals surface area contributed by atoms with Crippen molar-refractivity contribution in [2.45, 2.75) is 6.04 Å². The summed E-state index contributed by atoms with van der Waals surface area (Å²) in [6.45, 7) is 0. The zero-order valence-electron chi connectivity index (χ0n) is 8.87. The van der Waals surface area contributed by atoms with Gasteiger partial charge < -0.3 is 10.4 Å². The summed E-state index contributed by atoms with van der Waals surface area (Å²) in [6, 6.07) is 3.62. The van der Waals surface area contributed by atoms with Crippen LogP contribution in [0.1, 0.15) is 10.9 Å². The predicted molar refractivity (Wildman–Crippen MR) is 69.5 cm³/mol. The van der Waals surface area contributed by atoms with E-state index in [4.69, 9.17) is 5.11 Å². The van der Waals surface area contributed by atoms with Gasteiger partial charge in [0.25, 0.3) is 0 Å². The number of aromatic nitrogens is 3. The Kier molecular flexibility index (Phi) is 2.67. The number of fused-ring (bicyclic) bond motifs is 1. The van der Waals surface area contributed by atoms with Gasteiger partial charge in [0, 0.05) is 4.88 Å². The number of hydrogen-bond donors (Lipinski definition) is 2. The molecule has 0 amide bonds. The van der Waals surface area contributed by atoms with E-state index in [1.807, 2.05) is 12.1 Å². The van der Waals surface area contributed by atoms with Gasteiger partial charge in [-0.3, -0.25) is 0 Å². The first-order valence-corrected chi connectivity index (χ1v) is 6.63. The van der Waals surface area contributed by atoms with Crippen molar-refractivity contribution in [2.24, 2.45) is 0 Å². The number of anilines is 1. The van der Waals surface area contributed by atoms with Crippen molar-refractivity contribution in [1.82, 2.24) is 14.8 Å². The van der Waals surface area contributed by atoms with Gasteiger partial charge in [0.2, 0.25) is 5.95 Å². The number of rotatable bonds is 2. The molecule has 0 saturated carbocycles. The second-order valence-corrected chi connectivity index (χ2v) is 6.12. The van der Waals surface area contributed by atoms with Gasteiger partial charge in [-0.15, -0.1) is 11.3 Å². The molecule has 0 spiro atoms. The summed E-state index contributed by atoms with van der Waals surface area (Å²) >= 11 is 4.93. The Morgan fingerprint density at radius 2 is 2.39 bits per heavy atom. The molecule has 0 aromatic carbocycles. The molecule has 2 aromatic rings. The third kappa shape index (κ3) is 1.83. The van der Waals surface area contributed by atoms with E-state index in [0.29, 0.717) is 5.95 Å². The van der Waals surface area contributed by atoms with E-state index in [2.05, 4.69) is 31.3 Å². The molecule has 0 fully saturated rings. The van der Waals surface area contributed by atoms with Crippen molar-refractivity contribution in [3.05, 3.63) is 38.9 Å². The highest BCUT2D eigenvalue weighted by Crippen LogP contribution is 2.34. The van der Waals surface area contributed by atoms with E-state index < -0.39 is 5.97 Å². The highest BCUT2D eigenvalue weighted by molar-refractivity contribution is 9.11. The summed E-state index contributed by atoms with van der Waals surface area (Å²) in [4.78, 5) is 16.1. The maximum atomic E-state index is 11.1. The SMILES string of the molecule is O=C(O)C1=C[C@@H](c2ccc(Br)s2)n2ncnc2N1. The molecule has 3 heterocycles. The van der Waals surface area contributed by atoms with Crippen molar-refractivity contribution < 1.29 is 9.90 Å². The average Bonchev–Trinajstić information content (AvgIpc) is 2.95. The normalized spacial score (nSPS) is 17.8. The molecular formula is C10H7BrN4O2S. The highest BCUT2D eigenvalue weighted by atomic mass is 79.9. The molecule has 0 radical (unpaired) electrons. The molecule has 1 aliphatic rings. The van der Waals surface area contributed by atoms with Gasteiger partial charge in [0.15, 0.2) is 0 Å². The lowest BCUT2D eigenvalue weighted by Gasteiger charge is -2.21. The van der Waals surface area contributed by atoms with Crippen molar-refractivity contribution in [3.63, 3.8) is 0 Å². The van der Waals surface area contributed by atoms with Crippen LogP contribution < -0.4 is 5.32 Å². The van der Waals surface area contributed by atoms with Gasteiger partial charge in [-0.25, -0.2) is 9.48 Å². The molecule has 18 heavy (non-hydrogen) atoms. The molecule has 0 bridgehead atoms. The third-order valence-corrected chi connectivity index (χ3v) is 4.22. The first-order chi connectivity index (χ1) is 8.65. The van der Waals surface area contributed by atoms with E-state index in [-0.39, 0.29) is 11.7 Å². The third-order valence-electron chi connectivity index (χ3n) is 2.52. The van der Waals surface area contributed by atoms with Crippen molar-refractivity contribution >= 4 is 39.2 Å². The van der Waals surface area contributed by atoms with Gasteiger partial charge in [-0.05, 0) is 34.1 Å². The van der Waals surface area contributed by atoms with Crippen LogP contribution in [0.25, 0.3) is 0 Å². The molecule has 0 saturated heterocycles. The van der Waals surface area contributed by atoms with Crippen LogP contribution in [-0.2, 0) is 4.79 Å². The molecular weight excluding hydrogens is 320 g/mol. The monoisotopic (exact) mass is 326 g/mol. The topological polar surface area (TPSA) is 80.0 Å². The number of halogens is 1. The number of carboxylic acids is 1. The van der Waals surface area contributed by atoms with Gasteiger partial charge in [0.05, 0.1) is 3.79 Å². The van der Waals surface area contributed by atoms with Crippen LogP contribution in [-0.4, -0.2) is 25.8 Å². The minimum Gasteiger partial charge on any atom is -0.477 e. The summed E-state index contributed by atoms with van der Waals surface area (Å²) in [5.41, 5.74) is 0.116. The fraction of sp³-hybridized carbons (Fsp3) is 0.100. The van der Waals surface area contributed by atoms with Crippen LogP contribution in [0.5, 0.6) is 0 Å². The summed E-state index contributed by atoms with van der Waals surface area (Å²) in [5, 5.41) is 15.9. The number of allylic oxidation sites excluding steroid dienone is 1. The second-order valence-electron chi connectivity index (χ2n) is 3.63. The lowest BCUT2D eigenvalue weighted by molar-refractivity contribution is -0.132. The number of hydrogen-bond acceptors (Lipinski definition) is 5. The predicted octanol–water partition coefficient (Wildman–Crippen LogP) is 2.09. The van der Waals surface area contributed by atoms with E-state index in [1.165, 1.54) is 17.7 Å². The van der Waals surface area contributed by atoms with Gasteiger partial charge in [-0.2, -0.15) is 10.1 Å². The molecule has 3 rings (SSSR count). The van der Waals surface area contributed by atoms with Crippen LogP contribution in [0, 0.1) is 0 Å². The number of carbonyl (C=O) groups is 1. The first-order valence-electron chi connectivity index (χ1n) is 5.02. The average molecular weight is 327 g/mol. The van der Waals surface area contributed by atoms with Crippen LogP contribution in [0.2, 0.25) is 0 Å². The van der Waals surface area contributed by atoms with Crippen molar-refractivity contribution in [2.75, 3.05) is 5.32 Å². The zero-order valence-corrected chi connectivity index (χ0v) is 11.3. The zero-order chi connectivity index (χ0) is 12.7. The van der Waals surface area contributed by atoms with Crippen molar-refractivity contribution in [3.8, 4) is 0 Å². The number of aliphatic carboxylic acids is 1. The summed E-state index contributed by atoms with van der Waals surface area (Å²) in [5.74, 6) is -0.575. The van der Waals surface area contributed by atoms with E-state index >= 15 is 0 Å². The van der Waals surface area contributed by atoms with Crippen LogP contribution in [0.4, 0.5) is 5.95 Å². The van der Waals surface area contributed by atoms with Crippen LogP contribution in [0.15, 0.2) is 34.0 Å². The molecule has 1 atom stereocenters. The maximum absolute atomic E-state index is 11.1. The summed E-state index contributed by atoms with van der Waals surface area (Å²) < 4.78 is 2.65. The largest absolute Gasteiger partial charge is 0.477 e. The van der Waals surface area contributed by atoms with Crippen LogP contribution >= 0.6 is 27.3 Å². The minimum absolute atomic E-state index is 0.116.